The molecule has 2 heterocycles. The van der Waals surface area contributed by atoms with Gasteiger partial charge in [-0.3, -0.25) is 14.4 Å². The molecular formula is C29H52N2O15. The number of rotatable bonds is 21. The second-order valence-corrected chi connectivity index (χ2v) is 11.6. The van der Waals surface area contributed by atoms with E-state index in [-0.39, 0.29) is 43.7 Å². The summed E-state index contributed by atoms with van der Waals surface area (Å²) in [5.74, 6) is -0.661. The van der Waals surface area contributed by atoms with Crippen LogP contribution in [0, 0.1) is 0 Å². The predicted octanol–water partition coefficient (Wildman–Crippen LogP) is -3.68. The van der Waals surface area contributed by atoms with Crippen molar-refractivity contribution in [3.63, 3.8) is 0 Å². The van der Waals surface area contributed by atoms with Gasteiger partial charge in [0.1, 0.15) is 48.8 Å². The highest BCUT2D eigenvalue weighted by molar-refractivity contribution is 5.87. The third-order valence-corrected chi connectivity index (χ3v) is 7.93. The van der Waals surface area contributed by atoms with Gasteiger partial charge in [0.15, 0.2) is 18.4 Å². The lowest BCUT2D eigenvalue weighted by Crippen LogP contribution is -2.59. The van der Waals surface area contributed by atoms with Gasteiger partial charge >= 0.3 is 0 Å². The number of aliphatic hydroxyl groups excluding tert-OH is 8. The van der Waals surface area contributed by atoms with E-state index in [0.717, 1.165) is 0 Å². The number of unbranched alkanes of at least 4 members (excludes halogenated alkanes) is 3. The summed E-state index contributed by atoms with van der Waals surface area (Å²) in [6.45, 7) is 0.898. The van der Waals surface area contributed by atoms with Crippen molar-refractivity contribution in [1.29, 1.82) is 0 Å². The first kappa shape index (κ1) is 40.3. The molecule has 46 heavy (non-hydrogen) atoms. The van der Waals surface area contributed by atoms with Gasteiger partial charge in [0.05, 0.1) is 19.3 Å². The van der Waals surface area contributed by atoms with Crippen LogP contribution in [0.2, 0.25) is 0 Å². The number of hydrogen-bond acceptors (Lipinski definition) is 15. The molecule has 0 spiro atoms. The molecule has 0 aromatic heterocycles. The van der Waals surface area contributed by atoms with Gasteiger partial charge in [-0.1, -0.05) is 0 Å². The zero-order chi connectivity index (χ0) is 34.2. The molecule has 17 nitrogen and oxygen atoms in total. The second kappa shape index (κ2) is 21.2. The van der Waals surface area contributed by atoms with E-state index in [1.54, 1.807) is 0 Å². The van der Waals surface area contributed by atoms with Crippen molar-refractivity contribution in [2.45, 2.75) is 132 Å². The number of aliphatic hydroxyl groups is 8. The lowest BCUT2D eigenvalue weighted by molar-refractivity contribution is -0.301. The van der Waals surface area contributed by atoms with Crippen LogP contribution in [0.4, 0.5) is 0 Å². The van der Waals surface area contributed by atoms with Gasteiger partial charge < -0.3 is 70.4 Å². The molecular weight excluding hydrogens is 616 g/mol. The van der Waals surface area contributed by atoms with Crippen molar-refractivity contribution < 1.29 is 74.2 Å². The van der Waals surface area contributed by atoms with E-state index in [0.29, 0.717) is 51.5 Å². The van der Waals surface area contributed by atoms with Gasteiger partial charge in [-0.2, -0.15) is 0 Å². The van der Waals surface area contributed by atoms with Crippen LogP contribution in [0.5, 0.6) is 0 Å². The lowest BCUT2D eigenvalue weighted by atomic mass is 9.99. The van der Waals surface area contributed by atoms with E-state index in [2.05, 4.69) is 10.6 Å². The molecule has 268 valence electrons. The molecule has 0 aromatic rings. The maximum absolute atomic E-state index is 12.3. The van der Waals surface area contributed by atoms with Crippen molar-refractivity contribution in [2.75, 3.05) is 33.0 Å². The quantitative estimate of drug-likeness (QED) is 0.0528. The fraction of sp³-hybridized carbons (Fsp3) is 0.897. The first-order valence-electron chi connectivity index (χ1n) is 15.8. The molecule has 17 heteroatoms. The minimum absolute atomic E-state index is 0.0910. The van der Waals surface area contributed by atoms with E-state index in [1.807, 2.05) is 0 Å². The number of hydrogen-bond donors (Lipinski definition) is 10. The molecule has 0 saturated carbocycles. The zero-order valence-corrected chi connectivity index (χ0v) is 26.2. The topological polar surface area (TPSA) is 274 Å². The Balaban J connectivity index is 1.52. The van der Waals surface area contributed by atoms with Gasteiger partial charge in [-0.25, -0.2) is 0 Å². The van der Waals surface area contributed by atoms with Crippen LogP contribution in [-0.4, -0.2) is 159 Å². The molecule has 0 aromatic carbocycles. The van der Waals surface area contributed by atoms with Crippen molar-refractivity contribution in [2.24, 2.45) is 0 Å². The maximum atomic E-state index is 12.3. The molecule has 0 radical (unpaired) electrons. The summed E-state index contributed by atoms with van der Waals surface area (Å²) >= 11 is 0. The fourth-order valence-corrected chi connectivity index (χ4v) is 5.02. The summed E-state index contributed by atoms with van der Waals surface area (Å²) in [5.41, 5.74) is 0. The Labute approximate surface area is 267 Å². The van der Waals surface area contributed by atoms with Crippen LogP contribution in [0.3, 0.4) is 0 Å². The van der Waals surface area contributed by atoms with Crippen LogP contribution in [-0.2, 0) is 33.3 Å². The number of ketones is 1. The summed E-state index contributed by atoms with van der Waals surface area (Å²) in [7, 11) is 0. The summed E-state index contributed by atoms with van der Waals surface area (Å²) in [4.78, 5) is 36.5. The minimum atomic E-state index is -1.53. The normalized spacial score (nSPS) is 32.1. The predicted molar refractivity (Wildman–Crippen MR) is 157 cm³/mol. The largest absolute Gasteiger partial charge is 0.394 e. The summed E-state index contributed by atoms with van der Waals surface area (Å²) in [6, 6.07) is -0.655. The first-order valence-corrected chi connectivity index (χ1v) is 15.8. The molecule has 11 atom stereocenters. The smallest absolute Gasteiger partial charge is 0.220 e. The van der Waals surface area contributed by atoms with Crippen LogP contribution in [0.1, 0.15) is 64.7 Å². The SMILES string of the molecule is CC(=O)C(CCCCNC(=O)CCCCO[C@@H]1OC(CO)C(O)C(O)C1O)NC(=O)CCCCO[C@@H]1OC(CO)C(O)C(O)C1O. The summed E-state index contributed by atoms with van der Waals surface area (Å²) in [5, 5.41) is 83.1. The third-order valence-electron chi connectivity index (χ3n) is 7.93. The monoisotopic (exact) mass is 668 g/mol. The minimum Gasteiger partial charge on any atom is -0.394 e. The Hall–Kier alpha value is -1.87. The summed E-state index contributed by atoms with van der Waals surface area (Å²) < 4.78 is 21.3. The summed E-state index contributed by atoms with van der Waals surface area (Å²) in [6.07, 6.45) is -9.77. The number of carbonyl (C=O) groups excluding carboxylic acids is 3. The van der Waals surface area contributed by atoms with Crippen molar-refractivity contribution in [1.82, 2.24) is 10.6 Å². The van der Waals surface area contributed by atoms with Crippen molar-refractivity contribution in [3.05, 3.63) is 0 Å². The molecule has 2 rings (SSSR count). The van der Waals surface area contributed by atoms with E-state index in [4.69, 9.17) is 18.9 Å². The van der Waals surface area contributed by atoms with E-state index in [1.165, 1.54) is 6.92 Å². The molecule has 10 N–H and O–H groups in total. The zero-order valence-electron chi connectivity index (χ0n) is 26.2. The van der Waals surface area contributed by atoms with Gasteiger partial charge in [-0.15, -0.1) is 0 Å². The number of ether oxygens (including phenoxy) is 4. The number of carbonyl (C=O) groups is 3. The van der Waals surface area contributed by atoms with Gasteiger partial charge in [0.25, 0.3) is 0 Å². The molecule has 2 amide bonds. The Morgan fingerprint density at radius 1 is 0.652 bits per heavy atom. The highest BCUT2D eigenvalue weighted by Crippen LogP contribution is 2.23. The van der Waals surface area contributed by atoms with Gasteiger partial charge in [0, 0.05) is 32.6 Å². The molecule has 2 aliphatic heterocycles. The van der Waals surface area contributed by atoms with E-state index < -0.39 is 80.7 Å². The first-order chi connectivity index (χ1) is 21.9. The lowest BCUT2D eigenvalue weighted by Gasteiger charge is -2.39. The molecule has 2 saturated heterocycles. The molecule has 2 fully saturated rings. The standard InChI is InChI=1S/C29H52N2O15/c1-16(34)17(31-21(36)10-4-7-13-44-29-27(42)25(40)23(38)19(15-33)46-29)8-2-5-11-30-20(35)9-3-6-12-43-28-26(41)24(39)22(37)18(14-32)45-28/h17-19,22-29,32-33,37-42H,2-15H2,1H3,(H,30,35)(H,31,36)/t17?,18?,19?,22?,23?,24?,25?,26?,27?,28-,29-/m1/s1. The molecule has 0 bridgehead atoms. The molecule has 9 unspecified atom stereocenters. The fourth-order valence-electron chi connectivity index (χ4n) is 5.02. The van der Waals surface area contributed by atoms with Crippen molar-refractivity contribution >= 4 is 17.6 Å². The Kier molecular flexibility index (Phi) is 18.6. The van der Waals surface area contributed by atoms with E-state index in [9.17, 15) is 55.2 Å². The van der Waals surface area contributed by atoms with Crippen LogP contribution < -0.4 is 10.6 Å². The number of nitrogens with one attached hydrogen (secondary N) is 2. The van der Waals surface area contributed by atoms with Gasteiger partial charge in [-0.05, 0) is 51.9 Å². The van der Waals surface area contributed by atoms with Crippen LogP contribution in [0.25, 0.3) is 0 Å². The van der Waals surface area contributed by atoms with Crippen molar-refractivity contribution in [3.8, 4) is 0 Å². The highest BCUT2D eigenvalue weighted by Gasteiger charge is 2.45. The number of amides is 2. The Bertz CT molecular complexity index is 910. The van der Waals surface area contributed by atoms with Crippen LogP contribution >= 0.6 is 0 Å². The average Bonchev–Trinajstić information content (AvgIpc) is 3.03. The van der Waals surface area contributed by atoms with E-state index >= 15 is 0 Å². The second-order valence-electron chi connectivity index (χ2n) is 11.6. The molecule has 2 aliphatic rings. The number of Topliss-reactive ketones (excluding diaryl/α,β-unsaturated/α-hetero) is 1. The van der Waals surface area contributed by atoms with Gasteiger partial charge in [0.2, 0.25) is 11.8 Å². The van der Waals surface area contributed by atoms with Crippen LogP contribution in [0.15, 0.2) is 0 Å². The third kappa shape index (κ3) is 13.0. The average molecular weight is 669 g/mol. The maximum Gasteiger partial charge on any atom is 0.220 e. The Morgan fingerprint density at radius 3 is 1.59 bits per heavy atom. The highest BCUT2D eigenvalue weighted by atomic mass is 16.7. The molecule has 0 aliphatic carbocycles. The Morgan fingerprint density at radius 2 is 1.13 bits per heavy atom.